The van der Waals surface area contributed by atoms with Gasteiger partial charge in [0.05, 0.1) is 6.04 Å². The average molecular weight is 258 g/mol. The molecular weight excluding hydrogens is 245 g/mol. The molecule has 0 spiro atoms. The van der Waals surface area contributed by atoms with Crippen LogP contribution in [0, 0.1) is 11.2 Å². The SMILES string of the molecule is CC1(C)COC(=O)N[C@H]1c1ccc(F)cc1Cl. The summed E-state index contributed by atoms with van der Waals surface area (Å²) < 4.78 is 17.9. The molecule has 1 aliphatic heterocycles. The standard InChI is InChI=1S/C12H13ClFNO2/c1-12(2)6-17-11(16)15-10(12)8-4-3-7(14)5-9(8)13/h3-5,10H,6H2,1-2H3,(H,15,16)/t10-/m0/s1. The Hall–Kier alpha value is -1.29. The van der Waals surface area contributed by atoms with Crippen molar-refractivity contribution in [2.45, 2.75) is 19.9 Å². The fraction of sp³-hybridized carbons (Fsp3) is 0.417. The van der Waals surface area contributed by atoms with Crippen molar-refractivity contribution in [2.24, 2.45) is 5.41 Å². The van der Waals surface area contributed by atoms with Gasteiger partial charge in [0.2, 0.25) is 0 Å². The average Bonchev–Trinajstić information content (AvgIpc) is 2.23. The van der Waals surface area contributed by atoms with Crippen LogP contribution in [-0.4, -0.2) is 12.7 Å². The Balaban J connectivity index is 2.39. The number of hydrogen-bond donors (Lipinski definition) is 1. The van der Waals surface area contributed by atoms with Crippen molar-refractivity contribution in [3.8, 4) is 0 Å². The second-order valence-corrected chi connectivity index (χ2v) is 5.22. The summed E-state index contributed by atoms with van der Waals surface area (Å²) in [7, 11) is 0. The number of rotatable bonds is 1. The minimum absolute atomic E-state index is 0.281. The van der Waals surface area contributed by atoms with Crippen molar-refractivity contribution in [1.29, 1.82) is 0 Å². The first-order valence-corrected chi connectivity index (χ1v) is 5.66. The predicted molar refractivity (Wildman–Crippen MR) is 62.4 cm³/mol. The van der Waals surface area contributed by atoms with Crippen molar-refractivity contribution in [2.75, 3.05) is 6.61 Å². The molecule has 1 saturated heterocycles. The Morgan fingerprint density at radius 3 is 2.88 bits per heavy atom. The lowest BCUT2D eigenvalue weighted by atomic mass is 9.80. The summed E-state index contributed by atoms with van der Waals surface area (Å²) in [6.07, 6.45) is -0.477. The second-order valence-electron chi connectivity index (χ2n) is 4.81. The maximum Gasteiger partial charge on any atom is 0.407 e. The maximum atomic E-state index is 13.0. The van der Waals surface area contributed by atoms with Gasteiger partial charge in [0, 0.05) is 10.4 Å². The Labute approximate surface area is 104 Å². The molecule has 2 rings (SSSR count). The fourth-order valence-electron chi connectivity index (χ4n) is 1.92. The summed E-state index contributed by atoms with van der Waals surface area (Å²) in [5.74, 6) is -0.394. The molecule has 0 saturated carbocycles. The van der Waals surface area contributed by atoms with Crippen LogP contribution in [-0.2, 0) is 4.74 Å². The van der Waals surface area contributed by atoms with E-state index < -0.39 is 11.9 Å². The van der Waals surface area contributed by atoms with Crippen molar-refractivity contribution in [1.82, 2.24) is 5.32 Å². The third-order valence-electron chi connectivity index (χ3n) is 2.89. The largest absolute Gasteiger partial charge is 0.449 e. The molecule has 1 aromatic carbocycles. The van der Waals surface area contributed by atoms with E-state index >= 15 is 0 Å². The number of hydrogen-bond acceptors (Lipinski definition) is 2. The zero-order valence-electron chi connectivity index (χ0n) is 9.59. The van der Waals surface area contributed by atoms with E-state index in [1.807, 2.05) is 13.8 Å². The molecule has 1 N–H and O–H groups in total. The van der Waals surface area contributed by atoms with Crippen LogP contribution in [0.4, 0.5) is 9.18 Å². The topological polar surface area (TPSA) is 38.3 Å². The predicted octanol–water partition coefficient (Wildman–Crippen LogP) is 3.29. The fourth-order valence-corrected chi connectivity index (χ4v) is 2.20. The van der Waals surface area contributed by atoms with Crippen molar-refractivity contribution in [3.63, 3.8) is 0 Å². The highest BCUT2D eigenvalue weighted by molar-refractivity contribution is 6.31. The summed E-state index contributed by atoms with van der Waals surface area (Å²) in [5.41, 5.74) is 0.407. The van der Waals surface area contributed by atoms with Gasteiger partial charge in [-0.1, -0.05) is 31.5 Å². The summed E-state index contributed by atoms with van der Waals surface area (Å²) in [5, 5.41) is 3.03. The van der Waals surface area contributed by atoms with Crippen LogP contribution in [0.3, 0.4) is 0 Å². The zero-order valence-corrected chi connectivity index (χ0v) is 10.3. The molecule has 1 heterocycles. The molecule has 17 heavy (non-hydrogen) atoms. The van der Waals surface area contributed by atoms with E-state index in [9.17, 15) is 9.18 Å². The van der Waals surface area contributed by atoms with E-state index in [-0.39, 0.29) is 11.5 Å². The lowest BCUT2D eigenvalue weighted by molar-refractivity contribution is 0.0387. The van der Waals surface area contributed by atoms with Gasteiger partial charge in [0.25, 0.3) is 0 Å². The summed E-state index contributed by atoms with van der Waals surface area (Å²) in [6, 6.07) is 3.89. The molecule has 1 amide bonds. The van der Waals surface area contributed by atoms with Crippen LogP contribution in [0.25, 0.3) is 0 Å². The van der Waals surface area contributed by atoms with Gasteiger partial charge in [-0.3, -0.25) is 0 Å². The number of cyclic esters (lactones) is 1. The molecule has 92 valence electrons. The Morgan fingerprint density at radius 1 is 1.53 bits per heavy atom. The van der Waals surface area contributed by atoms with Gasteiger partial charge < -0.3 is 10.1 Å². The minimum Gasteiger partial charge on any atom is -0.449 e. The zero-order chi connectivity index (χ0) is 12.6. The highest BCUT2D eigenvalue weighted by atomic mass is 35.5. The quantitative estimate of drug-likeness (QED) is 0.838. The van der Waals surface area contributed by atoms with Crippen LogP contribution in [0.15, 0.2) is 18.2 Å². The molecule has 3 nitrogen and oxygen atoms in total. The molecule has 5 heteroatoms. The lowest BCUT2D eigenvalue weighted by Crippen LogP contribution is -2.47. The molecule has 1 atom stereocenters. The van der Waals surface area contributed by atoms with Gasteiger partial charge in [-0.2, -0.15) is 0 Å². The number of alkyl carbamates (subject to hydrolysis) is 1. The van der Waals surface area contributed by atoms with Crippen molar-refractivity contribution < 1.29 is 13.9 Å². The molecule has 0 aromatic heterocycles. The van der Waals surface area contributed by atoms with Gasteiger partial charge in [0.1, 0.15) is 12.4 Å². The normalized spacial score (nSPS) is 22.8. The third-order valence-corrected chi connectivity index (χ3v) is 3.22. The van der Waals surface area contributed by atoms with Crippen LogP contribution in [0.2, 0.25) is 5.02 Å². The van der Waals surface area contributed by atoms with Crippen LogP contribution in [0.5, 0.6) is 0 Å². The van der Waals surface area contributed by atoms with E-state index in [2.05, 4.69) is 5.32 Å². The van der Waals surface area contributed by atoms with Crippen LogP contribution in [0.1, 0.15) is 25.5 Å². The van der Waals surface area contributed by atoms with Gasteiger partial charge >= 0.3 is 6.09 Å². The highest BCUT2D eigenvalue weighted by Crippen LogP contribution is 2.39. The number of nitrogens with one attached hydrogen (secondary N) is 1. The summed E-state index contributed by atoms with van der Waals surface area (Å²) >= 11 is 6.01. The molecule has 0 unspecified atom stereocenters. The summed E-state index contributed by atoms with van der Waals surface area (Å²) in [4.78, 5) is 11.3. The number of ether oxygens (including phenoxy) is 1. The van der Waals surface area contributed by atoms with Crippen LogP contribution >= 0.6 is 11.6 Å². The van der Waals surface area contributed by atoms with Crippen molar-refractivity contribution >= 4 is 17.7 Å². The van der Waals surface area contributed by atoms with Gasteiger partial charge in [-0.15, -0.1) is 0 Å². The molecule has 0 aliphatic carbocycles. The number of carbonyl (C=O) groups is 1. The molecule has 1 fully saturated rings. The van der Waals surface area contributed by atoms with Crippen molar-refractivity contribution in [3.05, 3.63) is 34.6 Å². The minimum atomic E-state index is -0.477. The first-order chi connectivity index (χ1) is 7.90. The molecule has 0 radical (unpaired) electrons. The number of benzene rings is 1. The Morgan fingerprint density at radius 2 is 2.24 bits per heavy atom. The molecule has 0 bridgehead atoms. The monoisotopic (exact) mass is 257 g/mol. The van der Waals surface area contributed by atoms with E-state index in [4.69, 9.17) is 16.3 Å². The maximum absolute atomic E-state index is 13.0. The molecular formula is C12H13ClFNO2. The third kappa shape index (κ3) is 2.36. The Bertz CT molecular complexity index is 462. The summed E-state index contributed by atoms with van der Waals surface area (Å²) in [6.45, 7) is 4.21. The molecule has 1 aliphatic rings. The van der Waals surface area contributed by atoms with Gasteiger partial charge in [-0.25, -0.2) is 9.18 Å². The highest BCUT2D eigenvalue weighted by Gasteiger charge is 2.38. The van der Waals surface area contributed by atoms with E-state index in [1.165, 1.54) is 12.1 Å². The number of halogens is 2. The van der Waals surface area contributed by atoms with Gasteiger partial charge in [0.15, 0.2) is 0 Å². The Kier molecular flexibility index (Phi) is 3.00. The first-order valence-electron chi connectivity index (χ1n) is 5.28. The van der Waals surface area contributed by atoms with Gasteiger partial charge in [-0.05, 0) is 17.7 Å². The second kappa shape index (κ2) is 4.18. The number of amides is 1. The van der Waals surface area contributed by atoms with E-state index in [0.29, 0.717) is 17.2 Å². The smallest absolute Gasteiger partial charge is 0.407 e. The number of carbonyl (C=O) groups excluding carboxylic acids is 1. The van der Waals surface area contributed by atoms with E-state index in [0.717, 1.165) is 0 Å². The van der Waals surface area contributed by atoms with E-state index in [1.54, 1.807) is 6.07 Å². The van der Waals surface area contributed by atoms with Crippen LogP contribution < -0.4 is 5.32 Å². The lowest BCUT2D eigenvalue weighted by Gasteiger charge is -2.38. The molecule has 1 aromatic rings. The first kappa shape index (κ1) is 12.2.